The quantitative estimate of drug-likeness (QED) is 0.670. The van der Waals surface area contributed by atoms with E-state index in [2.05, 4.69) is 0 Å². The van der Waals surface area contributed by atoms with Gasteiger partial charge in [-0.2, -0.15) is 0 Å². The SMILES string of the molecule is CCN(CCCO)C(=O)C1(CN)CCC1. The minimum atomic E-state index is -0.272. The molecule has 0 spiro atoms. The van der Waals surface area contributed by atoms with Crippen molar-refractivity contribution in [2.75, 3.05) is 26.2 Å². The van der Waals surface area contributed by atoms with Crippen LogP contribution in [0.2, 0.25) is 0 Å². The van der Waals surface area contributed by atoms with E-state index in [1.807, 2.05) is 11.8 Å². The Kier molecular flexibility index (Phi) is 4.54. The molecule has 0 bridgehead atoms. The zero-order valence-corrected chi connectivity index (χ0v) is 9.54. The van der Waals surface area contributed by atoms with Crippen molar-refractivity contribution >= 4 is 5.91 Å². The Balaban J connectivity index is 2.55. The fraction of sp³-hybridized carbons (Fsp3) is 0.909. The van der Waals surface area contributed by atoms with Gasteiger partial charge in [0, 0.05) is 26.2 Å². The molecule has 1 aliphatic rings. The Bertz CT molecular complexity index is 209. The van der Waals surface area contributed by atoms with Gasteiger partial charge in [-0.15, -0.1) is 0 Å². The number of rotatable bonds is 6. The van der Waals surface area contributed by atoms with E-state index in [-0.39, 0.29) is 17.9 Å². The number of aliphatic hydroxyl groups is 1. The molecule has 88 valence electrons. The van der Waals surface area contributed by atoms with E-state index in [1.54, 1.807) is 0 Å². The summed E-state index contributed by atoms with van der Waals surface area (Å²) in [7, 11) is 0. The molecule has 0 heterocycles. The van der Waals surface area contributed by atoms with Crippen LogP contribution in [0, 0.1) is 5.41 Å². The summed E-state index contributed by atoms with van der Waals surface area (Å²) in [5, 5.41) is 8.76. The monoisotopic (exact) mass is 214 g/mol. The zero-order valence-electron chi connectivity index (χ0n) is 9.54. The minimum absolute atomic E-state index is 0.138. The van der Waals surface area contributed by atoms with E-state index >= 15 is 0 Å². The fourth-order valence-electron chi connectivity index (χ4n) is 2.11. The summed E-state index contributed by atoms with van der Waals surface area (Å²) in [6, 6.07) is 0. The van der Waals surface area contributed by atoms with Gasteiger partial charge in [-0.3, -0.25) is 4.79 Å². The first-order chi connectivity index (χ1) is 7.20. The molecular weight excluding hydrogens is 192 g/mol. The number of carbonyl (C=O) groups is 1. The molecular formula is C11H22N2O2. The molecule has 15 heavy (non-hydrogen) atoms. The molecule has 0 atom stereocenters. The summed E-state index contributed by atoms with van der Waals surface area (Å²) in [6.07, 6.45) is 3.62. The third-order valence-corrected chi connectivity index (χ3v) is 3.41. The molecule has 1 fully saturated rings. The highest BCUT2D eigenvalue weighted by Gasteiger charge is 2.44. The van der Waals surface area contributed by atoms with E-state index in [1.165, 1.54) is 0 Å². The summed E-state index contributed by atoms with van der Waals surface area (Å²) in [4.78, 5) is 14.0. The molecule has 1 saturated carbocycles. The summed E-state index contributed by atoms with van der Waals surface area (Å²) in [5.74, 6) is 0.187. The van der Waals surface area contributed by atoms with Crippen molar-refractivity contribution in [1.82, 2.24) is 4.90 Å². The van der Waals surface area contributed by atoms with Crippen molar-refractivity contribution in [1.29, 1.82) is 0 Å². The normalized spacial score (nSPS) is 18.3. The first-order valence-electron chi connectivity index (χ1n) is 5.80. The van der Waals surface area contributed by atoms with E-state index in [0.29, 0.717) is 26.1 Å². The number of amides is 1. The summed E-state index contributed by atoms with van der Waals surface area (Å²) >= 11 is 0. The van der Waals surface area contributed by atoms with E-state index in [9.17, 15) is 4.79 Å². The number of hydrogen-bond donors (Lipinski definition) is 2. The van der Waals surface area contributed by atoms with Gasteiger partial charge in [-0.05, 0) is 26.2 Å². The molecule has 0 unspecified atom stereocenters. The van der Waals surface area contributed by atoms with Crippen molar-refractivity contribution in [2.45, 2.75) is 32.6 Å². The van der Waals surface area contributed by atoms with Gasteiger partial charge >= 0.3 is 0 Å². The molecule has 0 aromatic carbocycles. The van der Waals surface area contributed by atoms with Crippen LogP contribution in [-0.4, -0.2) is 42.2 Å². The highest BCUT2D eigenvalue weighted by atomic mass is 16.3. The fourth-order valence-corrected chi connectivity index (χ4v) is 2.11. The average Bonchev–Trinajstić information content (AvgIpc) is 2.18. The highest BCUT2D eigenvalue weighted by molar-refractivity contribution is 5.83. The number of hydrogen-bond acceptors (Lipinski definition) is 3. The van der Waals surface area contributed by atoms with Crippen LogP contribution in [0.15, 0.2) is 0 Å². The Labute approximate surface area is 91.4 Å². The van der Waals surface area contributed by atoms with Crippen LogP contribution in [0.4, 0.5) is 0 Å². The van der Waals surface area contributed by atoms with Crippen LogP contribution in [0.1, 0.15) is 32.6 Å². The standard InChI is InChI=1S/C11H22N2O2/c1-2-13(7-4-8-14)10(15)11(9-12)5-3-6-11/h14H,2-9,12H2,1H3. The van der Waals surface area contributed by atoms with E-state index < -0.39 is 0 Å². The first-order valence-corrected chi connectivity index (χ1v) is 5.80. The third kappa shape index (κ3) is 2.49. The number of nitrogens with two attached hydrogens (primary N) is 1. The van der Waals surface area contributed by atoms with Crippen LogP contribution >= 0.6 is 0 Å². The van der Waals surface area contributed by atoms with E-state index in [0.717, 1.165) is 19.3 Å². The highest BCUT2D eigenvalue weighted by Crippen LogP contribution is 2.41. The summed E-state index contributed by atoms with van der Waals surface area (Å²) in [6.45, 7) is 3.92. The predicted molar refractivity (Wildman–Crippen MR) is 59.3 cm³/mol. The first kappa shape index (κ1) is 12.5. The van der Waals surface area contributed by atoms with Crippen LogP contribution in [0.5, 0.6) is 0 Å². The van der Waals surface area contributed by atoms with Crippen LogP contribution in [-0.2, 0) is 4.79 Å². The van der Waals surface area contributed by atoms with Crippen LogP contribution in [0.3, 0.4) is 0 Å². The minimum Gasteiger partial charge on any atom is -0.396 e. The Morgan fingerprint density at radius 1 is 1.53 bits per heavy atom. The van der Waals surface area contributed by atoms with Gasteiger partial charge in [0.1, 0.15) is 0 Å². The van der Waals surface area contributed by atoms with Crippen molar-refractivity contribution in [2.24, 2.45) is 11.1 Å². The van der Waals surface area contributed by atoms with Gasteiger partial charge in [0.05, 0.1) is 5.41 Å². The average molecular weight is 214 g/mol. The number of nitrogens with zero attached hydrogens (tertiary/aromatic N) is 1. The topological polar surface area (TPSA) is 66.6 Å². The molecule has 0 radical (unpaired) electrons. The molecule has 0 saturated heterocycles. The molecule has 1 rings (SSSR count). The van der Waals surface area contributed by atoms with Gasteiger partial charge in [0.2, 0.25) is 5.91 Å². The maximum atomic E-state index is 12.2. The van der Waals surface area contributed by atoms with Gasteiger partial charge < -0.3 is 15.7 Å². The number of carbonyl (C=O) groups excluding carboxylic acids is 1. The lowest BCUT2D eigenvalue weighted by molar-refractivity contribution is -0.146. The molecule has 1 aliphatic carbocycles. The van der Waals surface area contributed by atoms with Gasteiger partial charge in [0.25, 0.3) is 0 Å². The summed E-state index contributed by atoms with van der Waals surface area (Å²) in [5.41, 5.74) is 5.42. The molecule has 4 nitrogen and oxygen atoms in total. The largest absolute Gasteiger partial charge is 0.396 e. The Morgan fingerprint density at radius 3 is 2.53 bits per heavy atom. The zero-order chi connectivity index (χ0) is 11.3. The Morgan fingerprint density at radius 2 is 2.20 bits per heavy atom. The lowest BCUT2D eigenvalue weighted by Gasteiger charge is -2.42. The number of aliphatic hydroxyl groups excluding tert-OH is 1. The predicted octanol–water partition coefficient (Wildman–Crippen LogP) is 0.346. The molecule has 0 aliphatic heterocycles. The van der Waals surface area contributed by atoms with Crippen molar-refractivity contribution < 1.29 is 9.90 Å². The second-order valence-electron chi connectivity index (χ2n) is 4.30. The van der Waals surface area contributed by atoms with Gasteiger partial charge in [-0.25, -0.2) is 0 Å². The molecule has 4 heteroatoms. The van der Waals surface area contributed by atoms with Crippen molar-refractivity contribution in [3.05, 3.63) is 0 Å². The summed E-state index contributed by atoms with van der Waals surface area (Å²) < 4.78 is 0. The van der Waals surface area contributed by atoms with Crippen molar-refractivity contribution in [3.8, 4) is 0 Å². The van der Waals surface area contributed by atoms with E-state index in [4.69, 9.17) is 10.8 Å². The smallest absolute Gasteiger partial charge is 0.230 e. The molecule has 3 N–H and O–H groups in total. The van der Waals surface area contributed by atoms with Gasteiger partial charge in [-0.1, -0.05) is 6.42 Å². The van der Waals surface area contributed by atoms with Crippen LogP contribution < -0.4 is 5.73 Å². The second kappa shape index (κ2) is 5.47. The van der Waals surface area contributed by atoms with Gasteiger partial charge in [0.15, 0.2) is 0 Å². The Hall–Kier alpha value is -0.610. The second-order valence-corrected chi connectivity index (χ2v) is 4.30. The lowest BCUT2D eigenvalue weighted by atomic mass is 9.68. The third-order valence-electron chi connectivity index (χ3n) is 3.41. The maximum absolute atomic E-state index is 12.2. The molecule has 1 amide bonds. The maximum Gasteiger partial charge on any atom is 0.230 e. The molecule has 0 aromatic heterocycles. The molecule has 0 aromatic rings. The van der Waals surface area contributed by atoms with Crippen LogP contribution in [0.25, 0.3) is 0 Å². The lowest BCUT2D eigenvalue weighted by Crippen LogP contribution is -2.52. The van der Waals surface area contributed by atoms with Crippen molar-refractivity contribution in [3.63, 3.8) is 0 Å².